The highest BCUT2D eigenvalue weighted by atomic mass is 16.5. The first kappa shape index (κ1) is 22.3. The van der Waals surface area contributed by atoms with Gasteiger partial charge >= 0.3 is 0 Å². The SMILES string of the molecule is COc1cc(OCc2ccccc2)ccc1-c1coc2cc(OCc3ccccc3)ccc2c1=O. The Bertz CT molecular complexity index is 1490. The van der Waals surface area contributed by atoms with Gasteiger partial charge in [0.15, 0.2) is 0 Å². The third kappa shape index (κ3) is 5.04. The predicted octanol–water partition coefficient (Wildman–Crippen LogP) is 6.63. The number of methoxy groups -OCH3 is 1. The van der Waals surface area contributed by atoms with Crippen molar-refractivity contribution in [1.82, 2.24) is 0 Å². The highest BCUT2D eigenvalue weighted by Crippen LogP contribution is 2.33. The first-order valence-corrected chi connectivity index (χ1v) is 11.3. The summed E-state index contributed by atoms with van der Waals surface area (Å²) in [6.07, 6.45) is 1.47. The molecule has 0 atom stereocenters. The largest absolute Gasteiger partial charge is 0.496 e. The van der Waals surface area contributed by atoms with E-state index in [1.165, 1.54) is 6.26 Å². The van der Waals surface area contributed by atoms with E-state index in [0.717, 1.165) is 11.1 Å². The van der Waals surface area contributed by atoms with Gasteiger partial charge in [0.05, 0.1) is 18.1 Å². The quantitative estimate of drug-likeness (QED) is 0.258. The summed E-state index contributed by atoms with van der Waals surface area (Å²) in [7, 11) is 1.57. The van der Waals surface area contributed by atoms with Gasteiger partial charge in [-0.05, 0) is 35.4 Å². The molecule has 0 aliphatic carbocycles. The molecule has 0 spiro atoms. The standard InChI is InChI=1S/C30H24O5/c1-32-28-16-23(33-18-21-8-4-2-5-9-21)12-14-25(28)27-20-35-29-17-24(13-15-26(29)30(27)31)34-19-22-10-6-3-7-11-22/h2-17,20H,18-19H2,1H3. The molecule has 5 nitrogen and oxygen atoms in total. The molecule has 174 valence electrons. The normalized spacial score (nSPS) is 10.8. The lowest BCUT2D eigenvalue weighted by molar-refractivity contribution is 0.304. The molecule has 1 aromatic heterocycles. The lowest BCUT2D eigenvalue weighted by atomic mass is 10.0. The molecule has 0 saturated carbocycles. The van der Waals surface area contributed by atoms with Crippen LogP contribution in [0.2, 0.25) is 0 Å². The molecule has 0 unspecified atom stereocenters. The third-order valence-electron chi connectivity index (χ3n) is 5.71. The van der Waals surface area contributed by atoms with E-state index in [1.807, 2.05) is 72.8 Å². The van der Waals surface area contributed by atoms with E-state index < -0.39 is 0 Å². The van der Waals surface area contributed by atoms with Crippen LogP contribution in [0, 0.1) is 0 Å². The Morgan fingerprint density at radius 3 is 1.91 bits per heavy atom. The van der Waals surface area contributed by atoms with Gasteiger partial charge in [-0.3, -0.25) is 4.79 Å². The molecule has 0 aliphatic heterocycles. The molecule has 0 radical (unpaired) electrons. The maximum atomic E-state index is 13.3. The zero-order chi connectivity index (χ0) is 24.0. The fourth-order valence-electron chi connectivity index (χ4n) is 3.85. The summed E-state index contributed by atoms with van der Waals surface area (Å²) < 4.78 is 23.2. The molecular formula is C30H24O5. The van der Waals surface area contributed by atoms with Crippen LogP contribution in [-0.4, -0.2) is 7.11 Å². The second-order valence-electron chi connectivity index (χ2n) is 8.05. The van der Waals surface area contributed by atoms with Gasteiger partial charge in [0.2, 0.25) is 5.43 Å². The van der Waals surface area contributed by atoms with Crippen LogP contribution in [-0.2, 0) is 13.2 Å². The van der Waals surface area contributed by atoms with E-state index in [1.54, 1.807) is 31.4 Å². The van der Waals surface area contributed by atoms with Gasteiger partial charge < -0.3 is 18.6 Å². The molecule has 0 aliphatic rings. The van der Waals surface area contributed by atoms with E-state index in [4.69, 9.17) is 18.6 Å². The van der Waals surface area contributed by atoms with Crippen LogP contribution >= 0.6 is 0 Å². The maximum Gasteiger partial charge on any atom is 0.200 e. The Kier molecular flexibility index (Phi) is 6.48. The van der Waals surface area contributed by atoms with Crippen LogP contribution in [0.15, 0.2) is 113 Å². The zero-order valence-corrected chi connectivity index (χ0v) is 19.3. The van der Waals surface area contributed by atoms with Crippen molar-refractivity contribution in [2.45, 2.75) is 13.2 Å². The summed E-state index contributed by atoms with van der Waals surface area (Å²) in [4.78, 5) is 13.3. The number of fused-ring (bicyclic) bond motifs is 1. The number of hydrogen-bond acceptors (Lipinski definition) is 5. The number of ether oxygens (including phenoxy) is 3. The van der Waals surface area contributed by atoms with Crippen LogP contribution < -0.4 is 19.6 Å². The molecule has 1 heterocycles. The van der Waals surface area contributed by atoms with Crippen molar-refractivity contribution >= 4 is 11.0 Å². The van der Waals surface area contributed by atoms with Gasteiger partial charge in [0.1, 0.15) is 42.3 Å². The fraction of sp³-hybridized carbons (Fsp3) is 0.100. The lowest BCUT2D eigenvalue weighted by Crippen LogP contribution is -2.06. The summed E-state index contributed by atoms with van der Waals surface area (Å²) >= 11 is 0. The van der Waals surface area contributed by atoms with Crippen molar-refractivity contribution in [3.05, 3.63) is 125 Å². The summed E-state index contributed by atoms with van der Waals surface area (Å²) in [6.45, 7) is 0.876. The second-order valence-corrected chi connectivity index (χ2v) is 8.05. The van der Waals surface area contributed by atoms with Gasteiger partial charge in [-0.15, -0.1) is 0 Å². The van der Waals surface area contributed by atoms with Gasteiger partial charge in [-0.25, -0.2) is 0 Å². The predicted molar refractivity (Wildman–Crippen MR) is 136 cm³/mol. The van der Waals surface area contributed by atoms with Gasteiger partial charge in [0, 0.05) is 17.7 Å². The van der Waals surface area contributed by atoms with Crippen LogP contribution in [0.4, 0.5) is 0 Å². The Morgan fingerprint density at radius 2 is 1.29 bits per heavy atom. The minimum absolute atomic E-state index is 0.142. The first-order valence-electron chi connectivity index (χ1n) is 11.3. The minimum Gasteiger partial charge on any atom is -0.496 e. The van der Waals surface area contributed by atoms with E-state index in [0.29, 0.717) is 52.6 Å². The Balaban J connectivity index is 1.38. The molecule has 35 heavy (non-hydrogen) atoms. The molecule has 0 fully saturated rings. The highest BCUT2D eigenvalue weighted by molar-refractivity contribution is 5.84. The van der Waals surface area contributed by atoms with Crippen molar-refractivity contribution in [2.24, 2.45) is 0 Å². The van der Waals surface area contributed by atoms with Crippen molar-refractivity contribution in [2.75, 3.05) is 7.11 Å². The van der Waals surface area contributed by atoms with Crippen LogP contribution in [0.3, 0.4) is 0 Å². The fourth-order valence-corrected chi connectivity index (χ4v) is 3.85. The molecule has 5 aromatic rings. The monoisotopic (exact) mass is 464 g/mol. The Labute approximate surface area is 203 Å². The molecule has 5 heteroatoms. The first-order chi connectivity index (χ1) is 17.2. The topological polar surface area (TPSA) is 57.9 Å². The van der Waals surface area contributed by atoms with Crippen molar-refractivity contribution < 1.29 is 18.6 Å². The van der Waals surface area contributed by atoms with Crippen LogP contribution in [0.5, 0.6) is 17.2 Å². The average molecular weight is 465 g/mol. The Hall–Kier alpha value is -4.51. The Morgan fingerprint density at radius 1 is 0.686 bits per heavy atom. The van der Waals surface area contributed by atoms with Gasteiger partial charge in [0.25, 0.3) is 0 Å². The smallest absolute Gasteiger partial charge is 0.200 e. The van der Waals surface area contributed by atoms with E-state index in [-0.39, 0.29) is 5.43 Å². The summed E-state index contributed by atoms with van der Waals surface area (Å²) in [5.41, 5.74) is 3.51. The van der Waals surface area contributed by atoms with Crippen LogP contribution in [0.1, 0.15) is 11.1 Å². The van der Waals surface area contributed by atoms with E-state index in [9.17, 15) is 4.79 Å². The van der Waals surface area contributed by atoms with Crippen LogP contribution in [0.25, 0.3) is 22.1 Å². The summed E-state index contributed by atoms with van der Waals surface area (Å²) in [5.74, 6) is 1.82. The highest BCUT2D eigenvalue weighted by Gasteiger charge is 2.15. The molecule has 0 N–H and O–H groups in total. The molecule has 5 rings (SSSR count). The zero-order valence-electron chi connectivity index (χ0n) is 19.3. The van der Waals surface area contributed by atoms with E-state index in [2.05, 4.69) is 0 Å². The van der Waals surface area contributed by atoms with Gasteiger partial charge in [-0.1, -0.05) is 60.7 Å². The molecule has 0 saturated heterocycles. The average Bonchev–Trinajstić information content (AvgIpc) is 2.92. The van der Waals surface area contributed by atoms with Crippen molar-refractivity contribution in [3.8, 4) is 28.4 Å². The summed E-state index contributed by atoms with van der Waals surface area (Å²) in [6, 6.07) is 30.5. The third-order valence-corrected chi connectivity index (χ3v) is 5.71. The van der Waals surface area contributed by atoms with Crippen molar-refractivity contribution in [1.29, 1.82) is 0 Å². The number of hydrogen-bond donors (Lipinski definition) is 0. The number of rotatable bonds is 8. The van der Waals surface area contributed by atoms with E-state index >= 15 is 0 Å². The lowest BCUT2D eigenvalue weighted by Gasteiger charge is -2.12. The van der Waals surface area contributed by atoms with Gasteiger partial charge in [-0.2, -0.15) is 0 Å². The second kappa shape index (κ2) is 10.2. The molecule has 4 aromatic carbocycles. The number of benzene rings is 4. The maximum absolute atomic E-state index is 13.3. The minimum atomic E-state index is -0.142. The molecule has 0 bridgehead atoms. The summed E-state index contributed by atoms with van der Waals surface area (Å²) in [5, 5.41) is 0.473. The molecular weight excluding hydrogens is 440 g/mol. The molecule has 0 amide bonds. The van der Waals surface area contributed by atoms with Crippen molar-refractivity contribution in [3.63, 3.8) is 0 Å².